The summed E-state index contributed by atoms with van der Waals surface area (Å²) in [5, 5.41) is 0. The summed E-state index contributed by atoms with van der Waals surface area (Å²) in [4.78, 5) is 0. The minimum atomic E-state index is -4.67. The molecule has 0 amide bonds. The second kappa shape index (κ2) is 7.44. The zero-order valence-electron chi connectivity index (χ0n) is 4.13. The van der Waals surface area contributed by atoms with Gasteiger partial charge in [-0.25, -0.2) is 0 Å². The predicted molar refractivity (Wildman–Crippen MR) is 47.5 cm³/mol. The molecule has 0 aliphatic heterocycles. The van der Waals surface area contributed by atoms with Crippen LogP contribution in [0.1, 0.15) is 0 Å². The Labute approximate surface area is 106 Å². The molecule has 0 aromatic rings. The second-order valence-electron chi connectivity index (χ2n) is 0.876. The maximum atomic E-state index is 8.74. The van der Waals surface area contributed by atoms with E-state index in [2.05, 4.69) is 0 Å². The van der Waals surface area contributed by atoms with Crippen molar-refractivity contribution in [3.63, 3.8) is 0 Å². The van der Waals surface area contributed by atoms with Crippen LogP contribution in [0.15, 0.2) is 0 Å². The summed E-state index contributed by atoms with van der Waals surface area (Å²) in [6, 6.07) is 0. The van der Waals surface area contributed by atoms with Gasteiger partial charge < -0.3 is 0 Å². The fourth-order valence-electron chi connectivity index (χ4n) is 0. The first kappa shape index (κ1) is 18.7. The van der Waals surface area contributed by atoms with E-state index in [0.29, 0.717) is 0 Å². The molecule has 0 saturated heterocycles. The Hall–Kier alpha value is 2.03. The van der Waals surface area contributed by atoms with Crippen LogP contribution < -0.4 is 0 Å². The van der Waals surface area contributed by atoms with Crippen molar-refractivity contribution in [1.82, 2.24) is 0 Å². The molecule has 0 fully saturated rings. The number of hydrogen-bond acceptors (Lipinski definition) is 2. The molecule has 0 aromatic heterocycles. The van der Waals surface area contributed by atoms with Gasteiger partial charge in [-0.15, -0.1) is 0 Å². The van der Waals surface area contributed by atoms with E-state index in [1.54, 1.807) is 0 Å². The normalized spacial score (nSPS) is 10.7. The Bertz CT molecular complexity index is 157. The summed E-state index contributed by atoms with van der Waals surface area (Å²) in [5.74, 6) is 0. The molecule has 0 saturated carbocycles. The van der Waals surface area contributed by atoms with Gasteiger partial charge in [0.2, 0.25) is 0 Å². The van der Waals surface area contributed by atoms with Gasteiger partial charge in [0.05, 0.1) is 0 Å². The van der Waals surface area contributed by atoms with Crippen LogP contribution in [0.4, 0.5) is 0 Å². The van der Waals surface area contributed by atoms with Gasteiger partial charge >= 0.3 is 40.0 Å². The third-order valence-corrected chi connectivity index (χ3v) is 0. The molecule has 0 unspecified atom stereocenters. The zero-order valence-corrected chi connectivity index (χ0v) is 7.97. The Morgan fingerprint density at radius 1 is 1.00 bits per heavy atom. The van der Waals surface area contributed by atoms with Gasteiger partial charge in [0.1, 0.15) is 0 Å². The van der Waals surface area contributed by atoms with Gasteiger partial charge in [-0.1, -0.05) is 46.4 Å². The van der Waals surface area contributed by atoms with Crippen LogP contribution in [0.2, 0.25) is 0 Å². The summed E-state index contributed by atoms with van der Waals surface area (Å²) < 4.78 is 30.0. The van der Waals surface area contributed by atoms with Crippen molar-refractivity contribution in [2.24, 2.45) is 0 Å². The van der Waals surface area contributed by atoms with Gasteiger partial charge in [0.25, 0.3) is 3.25 Å². The number of hydrogen-bond donors (Lipinski definition) is 2. The maximum absolute atomic E-state index is 8.74. The van der Waals surface area contributed by atoms with Crippen molar-refractivity contribution in [3.8, 4) is 0 Å². The fourth-order valence-corrected chi connectivity index (χ4v) is 0. The minimum absolute atomic E-state index is 0. The number of alkyl halides is 4. The van der Waals surface area contributed by atoms with Crippen molar-refractivity contribution in [3.05, 3.63) is 0 Å². The molecule has 66 valence electrons. The topological polar surface area (TPSA) is 74.6 Å². The third-order valence-electron chi connectivity index (χ3n) is 0. The number of halogens is 4. The van der Waals surface area contributed by atoms with Crippen molar-refractivity contribution in [2.45, 2.75) is 3.25 Å². The van der Waals surface area contributed by atoms with Crippen molar-refractivity contribution >= 4 is 86.4 Å². The number of rotatable bonds is 0. The average Bonchev–Trinajstić information content (AvgIpc) is 1.12. The molecule has 0 radical (unpaired) electrons. The van der Waals surface area contributed by atoms with Crippen LogP contribution in [-0.2, 0) is 10.4 Å². The first-order chi connectivity index (χ1) is 4.00. The Morgan fingerprint density at radius 3 is 1.00 bits per heavy atom. The second-order valence-corrected chi connectivity index (χ2v) is 5.20. The SMILES string of the molecule is ClC(Cl)(Cl)Cl.O=S(=O)(O)O.[NaH]. The van der Waals surface area contributed by atoms with E-state index in [4.69, 9.17) is 63.9 Å². The fraction of sp³-hybridized carbons (Fsp3) is 1.00. The molecule has 0 spiro atoms. The van der Waals surface area contributed by atoms with E-state index in [-0.39, 0.29) is 29.6 Å². The molecule has 0 bridgehead atoms. The zero-order chi connectivity index (χ0) is 9.00. The van der Waals surface area contributed by atoms with E-state index in [1.807, 2.05) is 0 Å². The van der Waals surface area contributed by atoms with Crippen LogP contribution in [0.5, 0.6) is 0 Å². The van der Waals surface area contributed by atoms with Gasteiger partial charge in [0, 0.05) is 0 Å². The van der Waals surface area contributed by atoms with Crippen LogP contribution >= 0.6 is 46.4 Å². The molecule has 10 heteroatoms. The molecule has 0 rings (SSSR count). The summed E-state index contributed by atoms with van der Waals surface area (Å²) in [5.41, 5.74) is 0. The first-order valence-electron chi connectivity index (χ1n) is 1.45. The van der Waals surface area contributed by atoms with Crippen molar-refractivity contribution in [1.29, 1.82) is 0 Å². The van der Waals surface area contributed by atoms with Gasteiger partial charge in [-0.3, -0.25) is 9.11 Å². The molecule has 2 N–H and O–H groups in total. The quantitative estimate of drug-likeness (QED) is 0.396. The molecule has 4 nitrogen and oxygen atoms in total. The molecule has 0 atom stereocenters. The Kier molecular flexibility index (Phi) is 12.7. The summed E-state index contributed by atoms with van der Waals surface area (Å²) >= 11 is 19.3. The van der Waals surface area contributed by atoms with Crippen LogP contribution in [-0.4, -0.2) is 50.3 Å². The van der Waals surface area contributed by atoms with E-state index in [1.165, 1.54) is 0 Å². The molecular formula is CH3Cl4NaO4S. The van der Waals surface area contributed by atoms with E-state index < -0.39 is 13.7 Å². The van der Waals surface area contributed by atoms with Crippen molar-refractivity contribution in [2.75, 3.05) is 0 Å². The van der Waals surface area contributed by atoms with Crippen LogP contribution in [0, 0.1) is 0 Å². The first-order valence-corrected chi connectivity index (χ1v) is 4.36. The molecular weight excluding hydrogens is 273 g/mol. The van der Waals surface area contributed by atoms with E-state index >= 15 is 0 Å². The van der Waals surface area contributed by atoms with E-state index in [0.717, 1.165) is 0 Å². The van der Waals surface area contributed by atoms with Crippen LogP contribution in [0.3, 0.4) is 0 Å². The molecule has 11 heavy (non-hydrogen) atoms. The third kappa shape index (κ3) is 294. The predicted octanol–water partition coefficient (Wildman–Crippen LogP) is 1.25. The summed E-state index contributed by atoms with van der Waals surface area (Å²) in [6.07, 6.45) is 0. The van der Waals surface area contributed by atoms with Crippen molar-refractivity contribution < 1.29 is 17.5 Å². The summed E-state index contributed by atoms with van der Waals surface area (Å²) in [7, 11) is -4.67. The standard InChI is InChI=1S/CCl4.Na.H2O4S.H/c2-1(3,4)5;;1-5(2,3)4;/h;;(H2,1,2,3,4);. The van der Waals surface area contributed by atoms with Crippen LogP contribution in [0.25, 0.3) is 0 Å². The van der Waals surface area contributed by atoms with Gasteiger partial charge in [-0.05, 0) is 0 Å². The monoisotopic (exact) mass is 274 g/mol. The Morgan fingerprint density at radius 2 is 1.00 bits per heavy atom. The van der Waals surface area contributed by atoms with Gasteiger partial charge in [-0.2, -0.15) is 8.42 Å². The molecule has 0 aliphatic carbocycles. The van der Waals surface area contributed by atoms with E-state index in [9.17, 15) is 0 Å². The summed E-state index contributed by atoms with van der Waals surface area (Å²) in [6.45, 7) is 0. The molecule has 0 aromatic carbocycles. The molecule has 0 aliphatic rings. The average molecular weight is 276 g/mol. The molecule has 0 heterocycles. The van der Waals surface area contributed by atoms with Gasteiger partial charge in [0.15, 0.2) is 0 Å². The Balaban J connectivity index is -0.000000107.